The minimum absolute atomic E-state index is 0.0892. The molecule has 0 bridgehead atoms. The first-order chi connectivity index (χ1) is 13.8. The lowest BCUT2D eigenvalue weighted by molar-refractivity contribution is -0.117. The molecule has 0 unspecified atom stereocenters. The third-order valence-electron chi connectivity index (χ3n) is 4.54. The Hall–Kier alpha value is -3.19. The number of Topliss-reactive ketones (excluding diaryl/α,β-unsaturated/α-hetero) is 1. The average molecular weight is 410 g/mol. The summed E-state index contributed by atoms with van der Waals surface area (Å²) in [4.78, 5) is 24.3. The minimum Gasteiger partial charge on any atom is -0.304 e. The number of carbonyl (C=O) groups excluding carboxylic acids is 1. The van der Waals surface area contributed by atoms with Crippen molar-refractivity contribution in [2.24, 2.45) is 0 Å². The van der Waals surface area contributed by atoms with E-state index in [1.165, 1.54) is 17.6 Å². The summed E-state index contributed by atoms with van der Waals surface area (Å²) in [6.45, 7) is 2.96. The van der Waals surface area contributed by atoms with Crippen molar-refractivity contribution in [2.75, 3.05) is 4.72 Å². The molecule has 0 saturated heterocycles. The second-order valence-electron chi connectivity index (χ2n) is 6.83. The molecular formula is C22H22N2O4S. The molecule has 3 aromatic rings. The smallest absolute Gasteiger partial charge is 0.275 e. The van der Waals surface area contributed by atoms with Gasteiger partial charge < -0.3 is 4.57 Å². The molecular weight excluding hydrogens is 388 g/mol. The largest absolute Gasteiger partial charge is 0.304 e. The molecule has 1 aromatic heterocycles. The Bertz CT molecular complexity index is 1130. The highest BCUT2D eigenvalue weighted by Gasteiger charge is 2.30. The van der Waals surface area contributed by atoms with Gasteiger partial charge in [-0.15, -0.1) is 0 Å². The molecule has 0 aliphatic heterocycles. The number of hydrogen-bond acceptors (Lipinski definition) is 4. The van der Waals surface area contributed by atoms with Crippen molar-refractivity contribution in [1.29, 1.82) is 0 Å². The third kappa shape index (κ3) is 4.63. The van der Waals surface area contributed by atoms with Crippen LogP contribution in [0.3, 0.4) is 0 Å². The predicted octanol–water partition coefficient (Wildman–Crippen LogP) is 3.28. The van der Waals surface area contributed by atoms with E-state index in [0.717, 1.165) is 0 Å². The van der Waals surface area contributed by atoms with Crippen molar-refractivity contribution in [2.45, 2.75) is 25.6 Å². The molecule has 0 fully saturated rings. The van der Waals surface area contributed by atoms with Gasteiger partial charge >= 0.3 is 0 Å². The van der Waals surface area contributed by atoms with Gasteiger partial charge in [0.2, 0.25) is 10.0 Å². The van der Waals surface area contributed by atoms with Gasteiger partial charge in [0.25, 0.3) is 5.56 Å². The highest BCUT2D eigenvalue weighted by molar-refractivity contribution is 7.93. The lowest BCUT2D eigenvalue weighted by Crippen LogP contribution is -2.31. The molecule has 0 aliphatic rings. The van der Waals surface area contributed by atoms with E-state index in [9.17, 15) is 18.0 Å². The van der Waals surface area contributed by atoms with Crippen LogP contribution in [0.15, 0.2) is 77.6 Å². The first-order valence-corrected chi connectivity index (χ1v) is 10.7. The fraction of sp³-hybridized carbons (Fsp3) is 0.182. The summed E-state index contributed by atoms with van der Waals surface area (Å²) >= 11 is 0. The van der Waals surface area contributed by atoms with E-state index in [-0.39, 0.29) is 18.0 Å². The van der Waals surface area contributed by atoms with Crippen LogP contribution < -0.4 is 10.3 Å². The Morgan fingerprint density at radius 1 is 0.931 bits per heavy atom. The van der Waals surface area contributed by atoms with Crippen LogP contribution in [-0.2, 0) is 21.4 Å². The zero-order valence-corrected chi connectivity index (χ0v) is 17.0. The van der Waals surface area contributed by atoms with Crippen molar-refractivity contribution in [1.82, 2.24) is 4.57 Å². The maximum Gasteiger partial charge on any atom is 0.275 e. The molecule has 0 saturated carbocycles. The van der Waals surface area contributed by atoms with Gasteiger partial charge in [0.15, 0.2) is 0 Å². The van der Waals surface area contributed by atoms with Crippen LogP contribution in [-0.4, -0.2) is 18.8 Å². The molecule has 6 nitrogen and oxygen atoms in total. The van der Waals surface area contributed by atoms with E-state index in [0.29, 0.717) is 16.8 Å². The van der Waals surface area contributed by atoms with Gasteiger partial charge in [-0.25, -0.2) is 8.42 Å². The molecule has 1 N–H and O–H groups in total. The quantitative estimate of drug-likeness (QED) is 0.648. The summed E-state index contributed by atoms with van der Waals surface area (Å²) in [5.41, 5.74) is 1.11. The minimum atomic E-state index is -4.01. The fourth-order valence-corrected chi connectivity index (χ4v) is 4.80. The number of carbonyl (C=O) groups is 1. The SMILES string of the molecule is CC(=O)Cn1c(C)ccc(NS(=O)(=O)C(c2ccccc2)c2ccccc2)c1=O. The summed E-state index contributed by atoms with van der Waals surface area (Å²) in [5.74, 6) is -0.193. The number of anilines is 1. The first-order valence-electron chi connectivity index (χ1n) is 9.11. The van der Waals surface area contributed by atoms with E-state index in [1.54, 1.807) is 61.5 Å². The van der Waals surface area contributed by atoms with Crippen molar-refractivity contribution in [3.63, 3.8) is 0 Å². The van der Waals surface area contributed by atoms with Gasteiger partial charge in [-0.05, 0) is 37.1 Å². The number of hydrogen-bond donors (Lipinski definition) is 1. The Morgan fingerprint density at radius 2 is 1.45 bits per heavy atom. The topological polar surface area (TPSA) is 85.2 Å². The molecule has 0 atom stereocenters. The molecule has 2 aromatic carbocycles. The molecule has 0 radical (unpaired) electrons. The van der Waals surface area contributed by atoms with E-state index in [2.05, 4.69) is 4.72 Å². The average Bonchev–Trinajstić information content (AvgIpc) is 2.69. The van der Waals surface area contributed by atoms with Gasteiger partial charge in [0.1, 0.15) is 16.7 Å². The summed E-state index contributed by atoms with van der Waals surface area (Å²) in [6.07, 6.45) is 0. The molecule has 0 spiro atoms. The maximum atomic E-state index is 13.3. The zero-order chi connectivity index (χ0) is 21.0. The van der Waals surface area contributed by atoms with Crippen LogP contribution in [0.2, 0.25) is 0 Å². The predicted molar refractivity (Wildman–Crippen MR) is 113 cm³/mol. The van der Waals surface area contributed by atoms with Gasteiger partial charge in [0.05, 0.1) is 6.54 Å². The number of aromatic nitrogens is 1. The van der Waals surface area contributed by atoms with Crippen molar-refractivity contribution >= 4 is 21.5 Å². The van der Waals surface area contributed by atoms with Crippen LogP contribution in [0.1, 0.15) is 29.0 Å². The van der Waals surface area contributed by atoms with E-state index in [4.69, 9.17) is 0 Å². The number of aryl methyl sites for hydroxylation is 1. The van der Waals surface area contributed by atoms with E-state index < -0.39 is 20.8 Å². The molecule has 0 amide bonds. The van der Waals surface area contributed by atoms with Crippen LogP contribution >= 0.6 is 0 Å². The van der Waals surface area contributed by atoms with Gasteiger partial charge in [-0.2, -0.15) is 0 Å². The maximum absolute atomic E-state index is 13.3. The molecule has 29 heavy (non-hydrogen) atoms. The first kappa shape index (κ1) is 20.5. The number of nitrogens with one attached hydrogen (secondary N) is 1. The summed E-state index contributed by atoms with van der Waals surface area (Å²) in [5, 5.41) is -0.994. The van der Waals surface area contributed by atoms with Crippen LogP contribution in [0, 0.1) is 6.92 Å². The lowest BCUT2D eigenvalue weighted by Gasteiger charge is -2.20. The van der Waals surface area contributed by atoms with Gasteiger partial charge in [0, 0.05) is 5.69 Å². The number of nitrogens with zero attached hydrogens (tertiary/aromatic N) is 1. The number of ketones is 1. The van der Waals surface area contributed by atoms with Crippen LogP contribution in [0.5, 0.6) is 0 Å². The van der Waals surface area contributed by atoms with Crippen molar-refractivity contribution in [3.05, 3.63) is 100.0 Å². The second-order valence-corrected chi connectivity index (χ2v) is 8.60. The zero-order valence-electron chi connectivity index (χ0n) is 16.2. The molecule has 3 rings (SSSR count). The van der Waals surface area contributed by atoms with Gasteiger partial charge in [-0.3, -0.25) is 14.3 Å². The highest BCUT2D eigenvalue weighted by atomic mass is 32.2. The number of benzene rings is 2. The lowest BCUT2D eigenvalue weighted by atomic mass is 10.0. The van der Waals surface area contributed by atoms with Crippen molar-refractivity contribution in [3.8, 4) is 0 Å². The summed E-state index contributed by atoms with van der Waals surface area (Å²) in [7, 11) is -4.01. The Kier molecular flexibility index (Phi) is 5.98. The molecule has 7 heteroatoms. The fourth-order valence-electron chi connectivity index (χ4n) is 3.19. The highest BCUT2D eigenvalue weighted by Crippen LogP contribution is 2.31. The molecule has 150 valence electrons. The van der Waals surface area contributed by atoms with Crippen LogP contribution in [0.4, 0.5) is 5.69 Å². The second kappa shape index (κ2) is 8.45. The number of pyridine rings is 1. The molecule has 1 heterocycles. The standard InChI is InChI=1S/C22H22N2O4S/c1-16-13-14-20(22(26)24(16)15-17(2)25)23-29(27,28)21(18-9-5-3-6-10-18)19-11-7-4-8-12-19/h3-14,21,23H,15H2,1-2H3. The number of rotatable bonds is 7. The Morgan fingerprint density at radius 3 is 1.93 bits per heavy atom. The number of sulfonamides is 1. The van der Waals surface area contributed by atoms with Gasteiger partial charge in [-0.1, -0.05) is 60.7 Å². The van der Waals surface area contributed by atoms with Crippen molar-refractivity contribution < 1.29 is 13.2 Å². The third-order valence-corrected chi connectivity index (χ3v) is 6.21. The van der Waals surface area contributed by atoms with E-state index >= 15 is 0 Å². The summed E-state index contributed by atoms with van der Waals surface area (Å²) in [6, 6.07) is 20.7. The van der Waals surface area contributed by atoms with Crippen LogP contribution in [0.25, 0.3) is 0 Å². The normalized spacial score (nSPS) is 11.4. The summed E-state index contributed by atoms with van der Waals surface area (Å²) < 4.78 is 30.4. The molecule has 0 aliphatic carbocycles. The Labute approximate surface area is 169 Å². The Balaban J connectivity index is 2.07. The monoisotopic (exact) mass is 410 g/mol. The van der Waals surface area contributed by atoms with E-state index in [1.807, 2.05) is 12.1 Å².